The van der Waals surface area contributed by atoms with Gasteiger partial charge < -0.3 is 19.7 Å². The molecule has 1 aliphatic heterocycles. The summed E-state index contributed by atoms with van der Waals surface area (Å²) in [7, 11) is 1.59. The molecule has 144 valence electrons. The molecule has 1 aliphatic rings. The second kappa shape index (κ2) is 8.81. The molecule has 0 unspecified atom stereocenters. The van der Waals surface area contributed by atoms with Gasteiger partial charge in [0, 0.05) is 13.1 Å². The molecule has 0 saturated carbocycles. The van der Waals surface area contributed by atoms with Crippen molar-refractivity contribution in [1.29, 1.82) is 0 Å². The van der Waals surface area contributed by atoms with Crippen LogP contribution in [-0.2, 0) is 9.59 Å². The van der Waals surface area contributed by atoms with E-state index in [4.69, 9.17) is 9.47 Å². The lowest BCUT2D eigenvalue weighted by molar-refractivity contribution is -0.140. The zero-order valence-corrected chi connectivity index (χ0v) is 16.1. The molecule has 2 atom stereocenters. The molecule has 2 amide bonds. The van der Waals surface area contributed by atoms with Crippen molar-refractivity contribution < 1.29 is 19.1 Å². The maximum absolute atomic E-state index is 12.7. The standard InChI is InChI=1S/C18H22N4O4S/c1-12(26-15-7-5-14(25-2)6-8-15)17(24)22-9-3-4-13(10-22)16(23)20-18-21-19-11-27-18/h5-8,11-13H,3-4,9-10H2,1-2H3,(H,20,21,23)/t12-,13+/m1/s1. The number of anilines is 1. The van der Waals surface area contributed by atoms with Crippen molar-refractivity contribution in [3.63, 3.8) is 0 Å². The number of amides is 2. The topological polar surface area (TPSA) is 93.7 Å². The largest absolute Gasteiger partial charge is 0.497 e. The quantitative estimate of drug-likeness (QED) is 0.813. The van der Waals surface area contributed by atoms with E-state index in [1.165, 1.54) is 11.3 Å². The molecule has 1 saturated heterocycles. The first-order valence-electron chi connectivity index (χ1n) is 8.73. The van der Waals surface area contributed by atoms with Gasteiger partial charge in [0.2, 0.25) is 11.0 Å². The fourth-order valence-electron chi connectivity index (χ4n) is 2.99. The third-order valence-electron chi connectivity index (χ3n) is 4.41. The van der Waals surface area contributed by atoms with Crippen LogP contribution in [0, 0.1) is 5.92 Å². The van der Waals surface area contributed by atoms with Crippen LogP contribution in [0.4, 0.5) is 5.13 Å². The number of benzene rings is 1. The maximum Gasteiger partial charge on any atom is 0.263 e. The highest BCUT2D eigenvalue weighted by Gasteiger charge is 2.31. The molecule has 3 rings (SSSR count). The van der Waals surface area contributed by atoms with Crippen LogP contribution in [0.5, 0.6) is 11.5 Å². The van der Waals surface area contributed by atoms with Crippen molar-refractivity contribution in [3.05, 3.63) is 29.8 Å². The van der Waals surface area contributed by atoms with Crippen LogP contribution in [0.3, 0.4) is 0 Å². The van der Waals surface area contributed by atoms with Gasteiger partial charge in [-0.05, 0) is 44.0 Å². The lowest BCUT2D eigenvalue weighted by atomic mass is 9.97. The van der Waals surface area contributed by atoms with Gasteiger partial charge in [0.25, 0.3) is 5.91 Å². The van der Waals surface area contributed by atoms with Crippen molar-refractivity contribution in [2.24, 2.45) is 5.92 Å². The number of ether oxygens (including phenoxy) is 2. The van der Waals surface area contributed by atoms with E-state index in [1.807, 2.05) is 0 Å². The molecule has 9 heteroatoms. The summed E-state index contributed by atoms with van der Waals surface area (Å²) >= 11 is 1.27. The first-order valence-corrected chi connectivity index (χ1v) is 9.61. The monoisotopic (exact) mass is 390 g/mol. The van der Waals surface area contributed by atoms with Gasteiger partial charge in [0.1, 0.15) is 17.0 Å². The van der Waals surface area contributed by atoms with Crippen molar-refractivity contribution in [1.82, 2.24) is 15.1 Å². The number of carbonyl (C=O) groups excluding carboxylic acids is 2. The number of methoxy groups -OCH3 is 1. The van der Waals surface area contributed by atoms with E-state index in [1.54, 1.807) is 48.7 Å². The molecule has 8 nitrogen and oxygen atoms in total. The first kappa shape index (κ1) is 19.1. The Kier molecular flexibility index (Phi) is 6.23. The summed E-state index contributed by atoms with van der Waals surface area (Å²) < 4.78 is 10.9. The molecule has 2 heterocycles. The molecule has 1 N–H and O–H groups in total. The van der Waals surface area contributed by atoms with Gasteiger partial charge in [-0.1, -0.05) is 11.3 Å². The summed E-state index contributed by atoms with van der Waals surface area (Å²) in [6, 6.07) is 7.08. The second-order valence-electron chi connectivity index (χ2n) is 6.29. The normalized spacial score (nSPS) is 17.9. The van der Waals surface area contributed by atoms with Gasteiger partial charge in [0.15, 0.2) is 6.10 Å². The number of nitrogens with zero attached hydrogens (tertiary/aromatic N) is 3. The van der Waals surface area contributed by atoms with Gasteiger partial charge >= 0.3 is 0 Å². The number of hydrogen-bond donors (Lipinski definition) is 1. The second-order valence-corrected chi connectivity index (χ2v) is 7.13. The van der Waals surface area contributed by atoms with Crippen molar-refractivity contribution >= 4 is 28.3 Å². The van der Waals surface area contributed by atoms with Crippen LogP contribution in [0.15, 0.2) is 29.8 Å². The van der Waals surface area contributed by atoms with E-state index in [0.29, 0.717) is 24.0 Å². The highest BCUT2D eigenvalue weighted by molar-refractivity contribution is 7.13. The number of hydrogen-bond acceptors (Lipinski definition) is 7. The molecule has 27 heavy (non-hydrogen) atoms. The molecule has 0 bridgehead atoms. The van der Waals surface area contributed by atoms with E-state index >= 15 is 0 Å². The van der Waals surface area contributed by atoms with E-state index in [9.17, 15) is 9.59 Å². The Labute approximate surface area is 161 Å². The maximum atomic E-state index is 12.7. The van der Waals surface area contributed by atoms with Crippen LogP contribution in [0.2, 0.25) is 0 Å². The van der Waals surface area contributed by atoms with E-state index in [-0.39, 0.29) is 17.7 Å². The average molecular weight is 390 g/mol. The summed E-state index contributed by atoms with van der Waals surface area (Å²) in [5.74, 6) is 0.799. The van der Waals surface area contributed by atoms with Crippen molar-refractivity contribution in [3.8, 4) is 11.5 Å². The van der Waals surface area contributed by atoms with Crippen LogP contribution >= 0.6 is 11.3 Å². The summed E-state index contributed by atoms with van der Waals surface area (Å²) in [5, 5.41) is 10.7. The summed E-state index contributed by atoms with van der Waals surface area (Å²) in [4.78, 5) is 26.8. The van der Waals surface area contributed by atoms with E-state index in [0.717, 1.165) is 18.6 Å². The minimum atomic E-state index is -0.636. The molecule has 1 aromatic carbocycles. The summed E-state index contributed by atoms with van der Waals surface area (Å²) in [6.45, 7) is 2.72. The third kappa shape index (κ3) is 4.94. The van der Waals surface area contributed by atoms with Crippen LogP contribution < -0.4 is 14.8 Å². The van der Waals surface area contributed by atoms with Crippen LogP contribution in [0.25, 0.3) is 0 Å². The number of aromatic nitrogens is 2. The minimum absolute atomic E-state index is 0.126. The van der Waals surface area contributed by atoms with Gasteiger partial charge in [-0.25, -0.2) is 0 Å². The predicted molar refractivity (Wildman–Crippen MR) is 101 cm³/mol. The van der Waals surface area contributed by atoms with Gasteiger partial charge in [-0.15, -0.1) is 10.2 Å². The first-order chi connectivity index (χ1) is 13.1. The molecular weight excluding hydrogens is 368 g/mol. The number of nitrogens with one attached hydrogen (secondary N) is 1. The van der Waals surface area contributed by atoms with E-state index in [2.05, 4.69) is 15.5 Å². The minimum Gasteiger partial charge on any atom is -0.497 e. The molecular formula is C18H22N4O4S. The van der Waals surface area contributed by atoms with E-state index < -0.39 is 6.10 Å². The number of piperidine rings is 1. The molecule has 0 radical (unpaired) electrons. The summed E-state index contributed by atoms with van der Waals surface area (Å²) in [6.07, 6.45) is 0.875. The zero-order valence-electron chi connectivity index (χ0n) is 15.3. The Morgan fingerprint density at radius 1 is 1.30 bits per heavy atom. The lowest BCUT2D eigenvalue weighted by Gasteiger charge is -2.33. The van der Waals surface area contributed by atoms with Gasteiger partial charge in [-0.2, -0.15) is 0 Å². The Balaban J connectivity index is 1.55. The SMILES string of the molecule is COc1ccc(O[C@H](C)C(=O)N2CCC[C@H](C(=O)Nc3nncs3)C2)cc1. The van der Waals surface area contributed by atoms with Crippen LogP contribution in [0.1, 0.15) is 19.8 Å². The third-order valence-corrected chi connectivity index (χ3v) is 5.02. The average Bonchev–Trinajstić information content (AvgIpc) is 3.21. The molecule has 0 spiro atoms. The summed E-state index contributed by atoms with van der Waals surface area (Å²) in [5.41, 5.74) is 1.56. The smallest absolute Gasteiger partial charge is 0.263 e. The Morgan fingerprint density at radius 3 is 2.70 bits per heavy atom. The van der Waals surface area contributed by atoms with Crippen molar-refractivity contribution in [2.75, 3.05) is 25.5 Å². The fourth-order valence-corrected chi connectivity index (χ4v) is 3.44. The molecule has 1 aromatic heterocycles. The Hall–Kier alpha value is -2.68. The molecule has 2 aromatic rings. The Morgan fingerprint density at radius 2 is 2.04 bits per heavy atom. The molecule has 0 aliphatic carbocycles. The highest BCUT2D eigenvalue weighted by atomic mass is 32.1. The highest BCUT2D eigenvalue weighted by Crippen LogP contribution is 2.22. The lowest BCUT2D eigenvalue weighted by Crippen LogP contribution is -2.48. The number of likely N-dealkylation sites (tertiary alicyclic amines) is 1. The van der Waals surface area contributed by atoms with Crippen molar-refractivity contribution in [2.45, 2.75) is 25.9 Å². The number of carbonyl (C=O) groups is 2. The van der Waals surface area contributed by atoms with Gasteiger partial charge in [0.05, 0.1) is 13.0 Å². The van der Waals surface area contributed by atoms with Crippen LogP contribution in [-0.4, -0.2) is 53.2 Å². The zero-order chi connectivity index (χ0) is 19.2. The molecule has 1 fully saturated rings. The Bertz CT molecular complexity index is 766. The predicted octanol–water partition coefficient (Wildman–Crippen LogP) is 2.19. The fraction of sp³-hybridized carbons (Fsp3) is 0.444. The van der Waals surface area contributed by atoms with Gasteiger partial charge in [-0.3, -0.25) is 9.59 Å². The number of rotatable bonds is 6.